The van der Waals surface area contributed by atoms with E-state index in [-0.39, 0.29) is 11.8 Å². The summed E-state index contributed by atoms with van der Waals surface area (Å²) < 4.78 is 0. The zero-order valence-corrected chi connectivity index (χ0v) is 9.03. The van der Waals surface area contributed by atoms with Crippen LogP contribution in [0, 0.1) is 6.92 Å². The monoisotopic (exact) mass is 217 g/mol. The summed E-state index contributed by atoms with van der Waals surface area (Å²) in [6.45, 7) is 2.93. The van der Waals surface area contributed by atoms with E-state index in [1.165, 1.54) is 0 Å². The molecule has 6 nitrogen and oxygen atoms in total. The maximum absolute atomic E-state index is 11.4. The summed E-state index contributed by atoms with van der Waals surface area (Å²) in [7, 11) is 5.57. The van der Waals surface area contributed by atoms with Crippen molar-refractivity contribution in [3.63, 3.8) is 0 Å². The Morgan fingerprint density at radius 3 is 3.00 bits per heavy atom. The number of hydrogen-bond acceptors (Lipinski definition) is 4. The summed E-state index contributed by atoms with van der Waals surface area (Å²) in [5.74, 6) is 5.09. The molecule has 0 atom stereocenters. The maximum Gasteiger partial charge on any atom is 0.331 e. The molecule has 0 spiro atoms. The Morgan fingerprint density at radius 1 is 1.56 bits per heavy atom. The van der Waals surface area contributed by atoms with Crippen molar-refractivity contribution in [1.29, 1.82) is 0 Å². The highest BCUT2D eigenvalue weighted by Crippen LogP contribution is 2.17. The van der Waals surface area contributed by atoms with Gasteiger partial charge in [-0.1, -0.05) is 0 Å². The highest BCUT2D eigenvalue weighted by atomic mass is 16.2. The third-order valence-electron chi connectivity index (χ3n) is 2.70. The Kier molecular flexibility index (Phi) is 2.78. The number of fused-ring (bicyclic) bond motifs is 1. The van der Waals surface area contributed by atoms with Gasteiger partial charge in [-0.15, -0.1) is 0 Å². The van der Waals surface area contributed by atoms with E-state index in [9.17, 15) is 4.79 Å². The van der Waals surface area contributed by atoms with E-state index in [2.05, 4.69) is 15.4 Å². The van der Waals surface area contributed by atoms with Gasteiger partial charge in [0.25, 0.3) is 0 Å². The van der Waals surface area contributed by atoms with E-state index in [1.807, 2.05) is 6.92 Å². The van der Waals surface area contributed by atoms with Crippen LogP contribution < -0.4 is 17.0 Å². The van der Waals surface area contributed by atoms with Crippen molar-refractivity contribution in [2.45, 2.75) is 19.9 Å². The number of hydrogen-bond donors (Lipinski definition) is 2. The second kappa shape index (κ2) is 4.09. The molecule has 2 radical (unpaired) electrons. The molecule has 0 aliphatic carbocycles. The second-order valence-electron chi connectivity index (χ2n) is 3.71. The number of urea groups is 1. The summed E-state index contributed by atoms with van der Waals surface area (Å²) in [5, 5.41) is 0. The van der Waals surface area contributed by atoms with Gasteiger partial charge in [0.15, 0.2) is 7.85 Å². The lowest BCUT2D eigenvalue weighted by Gasteiger charge is -2.28. The van der Waals surface area contributed by atoms with E-state index in [0.717, 1.165) is 17.0 Å². The lowest BCUT2D eigenvalue weighted by Crippen LogP contribution is -2.46. The Balaban J connectivity index is 2.30. The Hall–Kier alpha value is -1.63. The van der Waals surface area contributed by atoms with Crippen LogP contribution in [0.5, 0.6) is 0 Å². The van der Waals surface area contributed by atoms with Crippen LogP contribution in [-0.2, 0) is 13.0 Å². The Morgan fingerprint density at radius 2 is 2.31 bits per heavy atom. The first-order valence-corrected chi connectivity index (χ1v) is 4.99. The Bertz CT molecular complexity index is 436. The largest absolute Gasteiger partial charge is 0.331 e. The fourth-order valence-electron chi connectivity index (χ4n) is 1.87. The minimum absolute atomic E-state index is 0.285. The third-order valence-corrected chi connectivity index (χ3v) is 2.70. The van der Waals surface area contributed by atoms with Gasteiger partial charge < -0.3 is 4.90 Å². The molecule has 1 aromatic rings. The van der Waals surface area contributed by atoms with E-state index in [4.69, 9.17) is 13.7 Å². The molecule has 0 aromatic carbocycles. The van der Waals surface area contributed by atoms with Crippen LogP contribution in [-0.4, -0.2) is 35.3 Å². The lowest BCUT2D eigenvalue weighted by molar-refractivity contribution is 0.192. The van der Waals surface area contributed by atoms with Gasteiger partial charge in [0, 0.05) is 29.9 Å². The number of hydrazine groups is 1. The maximum atomic E-state index is 11.4. The highest BCUT2D eigenvalue weighted by Gasteiger charge is 2.22. The molecule has 3 N–H and O–H groups in total. The summed E-state index contributed by atoms with van der Waals surface area (Å²) in [6.07, 6.45) is 0.677. The standard InChI is InChI=1S/C9H12BN5O/c1-5-6-4-15(9(16)14-11)3-2-7(6)13-8(10)12-5/h2-4,11H2,1H3,(H,14,16). The highest BCUT2D eigenvalue weighted by molar-refractivity contribution is 6.28. The minimum Gasteiger partial charge on any atom is -0.319 e. The third kappa shape index (κ3) is 1.86. The van der Waals surface area contributed by atoms with E-state index < -0.39 is 0 Å². The summed E-state index contributed by atoms with van der Waals surface area (Å²) in [4.78, 5) is 21.3. The van der Waals surface area contributed by atoms with Crippen molar-refractivity contribution < 1.29 is 4.79 Å². The first-order chi connectivity index (χ1) is 7.61. The average molecular weight is 217 g/mol. The molecule has 16 heavy (non-hydrogen) atoms. The number of aryl methyl sites for hydroxylation is 1. The SMILES string of the molecule is [B]c1nc(C)c2c(n1)CCN(C(=O)NN)C2. The smallest absolute Gasteiger partial charge is 0.319 e. The molecule has 2 amide bonds. The number of aromatic nitrogens is 2. The molecule has 2 rings (SSSR count). The average Bonchev–Trinajstić information content (AvgIpc) is 2.27. The van der Waals surface area contributed by atoms with Gasteiger partial charge in [-0.25, -0.2) is 15.6 Å². The lowest BCUT2D eigenvalue weighted by atomic mass is 10.0. The molecule has 7 heteroatoms. The molecule has 1 aromatic heterocycles. The van der Waals surface area contributed by atoms with Crippen molar-refractivity contribution in [2.24, 2.45) is 5.84 Å². The molecule has 82 valence electrons. The molecule has 0 unspecified atom stereocenters. The van der Waals surface area contributed by atoms with Crippen LogP contribution in [0.15, 0.2) is 0 Å². The normalized spacial score (nSPS) is 14.5. The van der Waals surface area contributed by atoms with Gasteiger partial charge in [0.2, 0.25) is 0 Å². The van der Waals surface area contributed by atoms with Crippen molar-refractivity contribution in [2.75, 3.05) is 6.54 Å². The number of carbonyl (C=O) groups is 1. The van der Waals surface area contributed by atoms with E-state index >= 15 is 0 Å². The predicted molar refractivity (Wildman–Crippen MR) is 59.0 cm³/mol. The van der Waals surface area contributed by atoms with Crippen LogP contribution in [0.4, 0.5) is 4.79 Å². The summed E-state index contributed by atoms with van der Waals surface area (Å²) in [6, 6.07) is -0.290. The molecule has 1 aliphatic heterocycles. The summed E-state index contributed by atoms with van der Waals surface area (Å²) in [5.41, 5.74) is 5.10. The quantitative estimate of drug-likeness (QED) is 0.240. The first-order valence-electron chi connectivity index (χ1n) is 4.99. The minimum atomic E-state index is -0.290. The zero-order chi connectivity index (χ0) is 11.7. The van der Waals surface area contributed by atoms with Gasteiger partial charge in [-0.05, 0) is 6.92 Å². The number of carbonyl (C=O) groups excluding carboxylic acids is 1. The molecular formula is C9H12BN5O. The molecule has 2 heterocycles. The van der Waals surface area contributed by atoms with Crippen LogP contribution in [0.25, 0.3) is 0 Å². The zero-order valence-electron chi connectivity index (χ0n) is 9.03. The van der Waals surface area contributed by atoms with Gasteiger partial charge in [-0.2, -0.15) is 0 Å². The first kappa shape index (κ1) is 10.9. The van der Waals surface area contributed by atoms with E-state index in [0.29, 0.717) is 19.5 Å². The number of nitrogens with zero attached hydrogens (tertiary/aromatic N) is 3. The van der Waals surface area contributed by atoms with Gasteiger partial charge in [0.05, 0.1) is 12.3 Å². The second-order valence-corrected chi connectivity index (χ2v) is 3.71. The van der Waals surface area contributed by atoms with Gasteiger partial charge in [-0.3, -0.25) is 10.4 Å². The molecule has 0 saturated heterocycles. The van der Waals surface area contributed by atoms with Crippen LogP contribution >= 0.6 is 0 Å². The number of nitrogens with one attached hydrogen (secondary N) is 1. The predicted octanol–water partition coefficient (Wildman–Crippen LogP) is -1.48. The molecule has 0 bridgehead atoms. The molecule has 0 fully saturated rings. The van der Waals surface area contributed by atoms with Crippen molar-refractivity contribution in [3.8, 4) is 0 Å². The van der Waals surface area contributed by atoms with E-state index in [1.54, 1.807) is 4.90 Å². The Labute approximate surface area is 94.6 Å². The topological polar surface area (TPSA) is 84.1 Å². The van der Waals surface area contributed by atoms with Gasteiger partial charge >= 0.3 is 6.03 Å². The van der Waals surface area contributed by atoms with Crippen molar-refractivity contribution in [1.82, 2.24) is 20.3 Å². The molecular weight excluding hydrogens is 205 g/mol. The molecule has 0 saturated carbocycles. The molecule has 1 aliphatic rings. The van der Waals surface area contributed by atoms with Crippen LogP contribution in [0.2, 0.25) is 0 Å². The number of amides is 2. The fraction of sp³-hybridized carbons (Fsp3) is 0.444. The fourth-order valence-corrected chi connectivity index (χ4v) is 1.87. The van der Waals surface area contributed by atoms with Crippen LogP contribution in [0.3, 0.4) is 0 Å². The number of rotatable bonds is 0. The van der Waals surface area contributed by atoms with Crippen LogP contribution in [0.1, 0.15) is 17.0 Å². The van der Waals surface area contributed by atoms with Gasteiger partial charge in [0.1, 0.15) is 0 Å². The summed E-state index contributed by atoms with van der Waals surface area (Å²) >= 11 is 0. The van der Waals surface area contributed by atoms with Crippen molar-refractivity contribution >= 4 is 19.6 Å². The van der Waals surface area contributed by atoms with Crippen molar-refractivity contribution in [3.05, 3.63) is 17.0 Å². The number of nitrogens with two attached hydrogens (primary N) is 1.